The Morgan fingerprint density at radius 3 is 2.56 bits per heavy atom. The van der Waals surface area contributed by atoms with Crippen molar-refractivity contribution < 1.29 is 17.3 Å². The van der Waals surface area contributed by atoms with Crippen molar-refractivity contribution in [1.29, 1.82) is 0 Å². The number of nitrogens with zero attached hydrogens (tertiary/aromatic N) is 2. The minimum Gasteiger partial charge on any atom is -0.218 e. The number of aliphatic imine (C=N–C) groups is 1. The molecule has 0 spiro atoms. The van der Waals surface area contributed by atoms with E-state index in [2.05, 4.69) is 4.99 Å². The maximum Gasteiger partial charge on any atom is 0.237 e. The Hall–Kier alpha value is -2.83. The van der Waals surface area contributed by atoms with Gasteiger partial charge in [0.25, 0.3) is 0 Å². The third-order valence-electron chi connectivity index (χ3n) is 4.73. The predicted octanol–water partition coefficient (Wildman–Crippen LogP) is 4.25. The molecule has 0 amide bonds. The van der Waals surface area contributed by atoms with Gasteiger partial charge in [0.2, 0.25) is 15.7 Å². The summed E-state index contributed by atoms with van der Waals surface area (Å²) in [6, 6.07) is 10.7. The zero-order valence-corrected chi connectivity index (χ0v) is 15.5. The van der Waals surface area contributed by atoms with Gasteiger partial charge in [-0.1, -0.05) is 18.2 Å². The standard InChI is InChI=1S/C21H18FN2O2S/c1-16-5-10-20(19(22)14-16)27(25,26)18-8-6-17(7-9-18)15-24-12-3-2-4-21(24)23-11-13-24/h2-14H,15H2,1H3/q+1. The lowest BCUT2D eigenvalue weighted by Crippen LogP contribution is -2.40. The number of fused-ring (bicyclic) bond motifs is 1. The smallest absolute Gasteiger partial charge is 0.218 e. The van der Waals surface area contributed by atoms with E-state index >= 15 is 0 Å². The summed E-state index contributed by atoms with van der Waals surface area (Å²) in [5.41, 5.74) is 1.63. The Morgan fingerprint density at radius 1 is 1.04 bits per heavy atom. The van der Waals surface area contributed by atoms with Gasteiger partial charge in [-0.25, -0.2) is 17.3 Å². The fraction of sp³-hybridized carbons (Fsp3) is 0.0952. The Balaban J connectivity index is 1.63. The lowest BCUT2D eigenvalue weighted by molar-refractivity contribution is -0.743. The van der Waals surface area contributed by atoms with E-state index in [1.807, 2.05) is 30.6 Å². The minimum absolute atomic E-state index is 0.0777. The van der Waals surface area contributed by atoms with Gasteiger partial charge in [-0.2, -0.15) is 4.99 Å². The maximum absolute atomic E-state index is 14.1. The number of quaternary nitrogens is 1. The number of benzene rings is 2. The van der Waals surface area contributed by atoms with Gasteiger partial charge >= 0.3 is 0 Å². The van der Waals surface area contributed by atoms with E-state index in [0.717, 1.165) is 11.4 Å². The summed E-state index contributed by atoms with van der Waals surface area (Å²) in [6.45, 7) is 2.34. The minimum atomic E-state index is -3.90. The van der Waals surface area contributed by atoms with Crippen molar-refractivity contribution in [2.75, 3.05) is 0 Å². The molecule has 0 saturated carbocycles. The van der Waals surface area contributed by atoms with Gasteiger partial charge in [0.15, 0.2) is 0 Å². The van der Waals surface area contributed by atoms with Crippen LogP contribution in [-0.2, 0) is 16.4 Å². The molecule has 2 heterocycles. The van der Waals surface area contributed by atoms with Gasteiger partial charge in [-0.15, -0.1) is 0 Å². The van der Waals surface area contributed by atoms with Crippen molar-refractivity contribution in [2.24, 2.45) is 4.99 Å². The fourth-order valence-corrected chi connectivity index (χ4v) is 4.59. The van der Waals surface area contributed by atoms with Gasteiger partial charge in [-0.3, -0.25) is 0 Å². The van der Waals surface area contributed by atoms with E-state index in [1.54, 1.807) is 31.3 Å². The van der Waals surface area contributed by atoms with Crippen molar-refractivity contribution in [3.05, 3.63) is 96.2 Å². The second-order valence-electron chi connectivity index (χ2n) is 6.66. The largest absolute Gasteiger partial charge is 0.237 e. The number of allylic oxidation sites excluding steroid dienone is 2. The first-order chi connectivity index (χ1) is 12.9. The van der Waals surface area contributed by atoms with Crippen LogP contribution in [0.2, 0.25) is 0 Å². The monoisotopic (exact) mass is 381 g/mol. The van der Waals surface area contributed by atoms with Crippen molar-refractivity contribution in [3.63, 3.8) is 0 Å². The van der Waals surface area contributed by atoms with Gasteiger partial charge in [0, 0.05) is 11.6 Å². The molecule has 4 rings (SSSR count). The molecule has 2 aliphatic heterocycles. The normalized spacial score (nSPS) is 20.6. The topological polar surface area (TPSA) is 46.5 Å². The van der Waals surface area contributed by atoms with E-state index in [9.17, 15) is 12.8 Å². The molecular formula is C21H18FN2O2S+. The first kappa shape index (κ1) is 17.6. The Kier molecular flexibility index (Phi) is 4.17. The predicted molar refractivity (Wildman–Crippen MR) is 102 cm³/mol. The van der Waals surface area contributed by atoms with Crippen LogP contribution < -0.4 is 0 Å². The molecular weight excluding hydrogens is 363 g/mol. The van der Waals surface area contributed by atoms with Crippen LogP contribution in [0, 0.1) is 12.7 Å². The summed E-state index contributed by atoms with van der Waals surface area (Å²) < 4.78 is 40.1. The van der Waals surface area contributed by atoms with E-state index in [0.29, 0.717) is 16.6 Å². The van der Waals surface area contributed by atoms with E-state index in [-0.39, 0.29) is 9.79 Å². The zero-order chi connectivity index (χ0) is 19.1. The highest BCUT2D eigenvalue weighted by Crippen LogP contribution is 2.28. The van der Waals surface area contributed by atoms with Gasteiger partial charge in [0.05, 0.1) is 11.1 Å². The van der Waals surface area contributed by atoms with Crippen LogP contribution in [0.1, 0.15) is 11.1 Å². The first-order valence-electron chi connectivity index (χ1n) is 8.50. The van der Waals surface area contributed by atoms with Crippen molar-refractivity contribution in [2.45, 2.75) is 23.3 Å². The molecule has 0 aliphatic carbocycles. The molecule has 2 aromatic rings. The van der Waals surface area contributed by atoms with Crippen LogP contribution >= 0.6 is 0 Å². The SMILES string of the molecule is Cc1ccc(S(=O)(=O)c2ccc(C[N+]34C=CC=CC3=NC=C4)cc2)c(F)c1. The van der Waals surface area contributed by atoms with E-state index in [4.69, 9.17) is 0 Å². The van der Waals surface area contributed by atoms with Crippen molar-refractivity contribution in [3.8, 4) is 0 Å². The molecule has 2 aromatic carbocycles. The van der Waals surface area contributed by atoms with E-state index < -0.39 is 15.7 Å². The molecule has 0 bridgehead atoms. The molecule has 2 aliphatic rings. The summed E-state index contributed by atoms with van der Waals surface area (Å²) in [5.74, 6) is 0.182. The number of aryl methyl sites for hydroxylation is 1. The molecule has 0 aromatic heterocycles. The van der Waals surface area contributed by atoms with Gasteiger partial charge in [-0.05, 0) is 48.9 Å². The van der Waals surface area contributed by atoms with Crippen molar-refractivity contribution >= 4 is 15.7 Å². The molecule has 6 heteroatoms. The zero-order valence-electron chi connectivity index (χ0n) is 14.7. The molecule has 0 N–H and O–H groups in total. The number of amidine groups is 1. The van der Waals surface area contributed by atoms with Crippen LogP contribution in [-0.4, -0.2) is 18.7 Å². The molecule has 136 valence electrons. The highest BCUT2D eigenvalue weighted by molar-refractivity contribution is 7.91. The number of hydrogen-bond acceptors (Lipinski definition) is 3. The van der Waals surface area contributed by atoms with Crippen molar-refractivity contribution in [1.82, 2.24) is 0 Å². The maximum atomic E-state index is 14.1. The summed E-state index contributed by atoms with van der Waals surface area (Å²) in [5, 5.41) is 0. The van der Waals surface area contributed by atoms with Crippen LogP contribution in [0.5, 0.6) is 0 Å². The molecule has 4 nitrogen and oxygen atoms in total. The summed E-state index contributed by atoms with van der Waals surface area (Å²) in [7, 11) is -3.90. The Labute approximate surface area is 157 Å². The lowest BCUT2D eigenvalue weighted by atomic mass is 10.1. The second-order valence-corrected chi connectivity index (χ2v) is 8.57. The van der Waals surface area contributed by atoms with Gasteiger partial charge in [0.1, 0.15) is 29.7 Å². The highest BCUT2D eigenvalue weighted by Gasteiger charge is 2.33. The number of hydrogen-bond donors (Lipinski definition) is 0. The highest BCUT2D eigenvalue weighted by atomic mass is 32.2. The third-order valence-corrected chi connectivity index (χ3v) is 6.53. The number of sulfone groups is 1. The van der Waals surface area contributed by atoms with Crippen LogP contribution in [0.4, 0.5) is 4.39 Å². The number of halogens is 1. The molecule has 0 saturated heterocycles. The van der Waals surface area contributed by atoms with Crippen LogP contribution in [0.15, 0.2) is 94.1 Å². The Bertz CT molecular complexity index is 1130. The molecule has 1 atom stereocenters. The van der Waals surface area contributed by atoms with Crippen LogP contribution in [0.3, 0.4) is 0 Å². The number of rotatable bonds is 4. The van der Waals surface area contributed by atoms with E-state index in [1.165, 1.54) is 24.3 Å². The van der Waals surface area contributed by atoms with Gasteiger partial charge < -0.3 is 0 Å². The summed E-state index contributed by atoms with van der Waals surface area (Å²) in [4.78, 5) is 4.15. The first-order valence-corrected chi connectivity index (χ1v) is 9.99. The third kappa shape index (κ3) is 3.07. The molecule has 27 heavy (non-hydrogen) atoms. The average Bonchev–Trinajstić information content (AvgIpc) is 3.05. The summed E-state index contributed by atoms with van der Waals surface area (Å²) in [6.07, 6.45) is 11.7. The van der Waals surface area contributed by atoms with Crippen LogP contribution in [0.25, 0.3) is 0 Å². The molecule has 1 unspecified atom stereocenters. The average molecular weight is 381 g/mol. The summed E-state index contributed by atoms with van der Waals surface area (Å²) >= 11 is 0. The quantitative estimate of drug-likeness (QED) is 0.744. The molecule has 0 fully saturated rings. The second kappa shape index (κ2) is 6.40. The lowest BCUT2D eigenvalue weighted by Gasteiger charge is -2.28. The Morgan fingerprint density at radius 2 is 1.81 bits per heavy atom. The fourth-order valence-electron chi connectivity index (χ4n) is 3.28. The molecule has 0 radical (unpaired) electrons.